The summed E-state index contributed by atoms with van der Waals surface area (Å²) in [6, 6.07) is 52.6. The molecule has 0 fully saturated rings. The highest BCUT2D eigenvalue weighted by Gasteiger charge is 2.15. The van der Waals surface area contributed by atoms with E-state index in [-0.39, 0.29) is 0 Å². The van der Waals surface area contributed by atoms with Crippen LogP contribution in [0.1, 0.15) is 34.2 Å². The number of benzene rings is 6. The van der Waals surface area contributed by atoms with Crippen molar-refractivity contribution in [2.24, 2.45) is 10.7 Å². The van der Waals surface area contributed by atoms with E-state index in [4.69, 9.17) is 15.7 Å². The van der Waals surface area contributed by atoms with Crippen molar-refractivity contribution < 1.29 is 0 Å². The average molecular weight is 656 g/mol. The second kappa shape index (κ2) is 14.1. The van der Waals surface area contributed by atoms with Crippen molar-refractivity contribution in [3.8, 4) is 33.5 Å². The summed E-state index contributed by atoms with van der Waals surface area (Å²) < 4.78 is 0. The van der Waals surface area contributed by atoms with E-state index in [1.165, 1.54) is 21.9 Å². The van der Waals surface area contributed by atoms with Crippen LogP contribution in [0.25, 0.3) is 61.8 Å². The highest BCUT2D eigenvalue weighted by atomic mass is 14.8. The molecule has 1 aromatic heterocycles. The lowest BCUT2D eigenvalue weighted by Crippen LogP contribution is -2.04. The van der Waals surface area contributed by atoms with Crippen molar-refractivity contribution in [1.29, 1.82) is 0 Å². The zero-order valence-electron chi connectivity index (χ0n) is 28.3. The Bertz CT molecular complexity index is 2470. The van der Waals surface area contributed by atoms with Gasteiger partial charge >= 0.3 is 0 Å². The first kappa shape index (κ1) is 31.7. The zero-order valence-corrected chi connectivity index (χ0v) is 28.3. The zero-order chi connectivity index (χ0) is 34.6. The number of fused-ring (bicyclic) bond motifs is 2. The van der Waals surface area contributed by atoms with Crippen LogP contribution in [-0.2, 0) is 6.42 Å². The van der Waals surface area contributed by atoms with E-state index in [0.29, 0.717) is 11.4 Å². The van der Waals surface area contributed by atoms with E-state index < -0.39 is 0 Å². The molecule has 3 heteroatoms. The fraction of sp³-hybridized carbons (Fsp3) is 0.0417. The van der Waals surface area contributed by atoms with E-state index in [1.807, 2.05) is 72.9 Å². The van der Waals surface area contributed by atoms with Gasteiger partial charge < -0.3 is 5.73 Å². The summed E-state index contributed by atoms with van der Waals surface area (Å²) in [6.45, 7) is 4.29. The summed E-state index contributed by atoms with van der Waals surface area (Å²) in [7, 11) is 0. The van der Waals surface area contributed by atoms with Crippen LogP contribution in [0, 0.1) is 0 Å². The summed E-state index contributed by atoms with van der Waals surface area (Å²) in [4.78, 5) is 10.2. The van der Waals surface area contributed by atoms with Crippen LogP contribution in [-0.4, -0.2) is 10.7 Å². The van der Waals surface area contributed by atoms with Gasteiger partial charge in [-0.15, -0.1) is 0 Å². The molecule has 6 aromatic carbocycles. The van der Waals surface area contributed by atoms with Crippen LogP contribution in [0.4, 0.5) is 0 Å². The highest BCUT2D eigenvalue weighted by molar-refractivity contribution is 6.14. The number of aryl methyl sites for hydroxylation is 1. The fourth-order valence-corrected chi connectivity index (χ4v) is 6.72. The molecule has 0 saturated heterocycles. The maximum Gasteiger partial charge on any atom is 0.0780 e. The van der Waals surface area contributed by atoms with Crippen LogP contribution in [0.2, 0.25) is 0 Å². The minimum Gasteiger partial charge on any atom is -0.398 e. The predicted molar refractivity (Wildman–Crippen MR) is 216 cm³/mol. The lowest BCUT2D eigenvalue weighted by Gasteiger charge is -2.16. The van der Waals surface area contributed by atoms with E-state index in [9.17, 15) is 0 Å². The average Bonchev–Trinajstić information content (AvgIpc) is 3.20. The number of allylic oxidation sites excluding steroid dienone is 2. The van der Waals surface area contributed by atoms with E-state index in [0.717, 1.165) is 68.8 Å². The number of nitrogens with two attached hydrogens (primary N) is 1. The molecule has 0 aliphatic heterocycles. The Morgan fingerprint density at radius 2 is 1.31 bits per heavy atom. The quantitative estimate of drug-likeness (QED) is 0.166. The fourth-order valence-electron chi connectivity index (χ4n) is 6.72. The van der Waals surface area contributed by atoms with Gasteiger partial charge in [0.05, 0.1) is 17.1 Å². The molecular weight excluding hydrogens is 619 g/mol. The summed E-state index contributed by atoms with van der Waals surface area (Å²) >= 11 is 0. The van der Waals surface area contributed by atoms with Crippen LogP contribution < -0.4 is 5.73 Å². The number of nitrogens with zero attached hydrogens (tertiary/aromatic N) is 2. The van der Waals surface area contributed by atoms with Crippen LogP contribution in [0.5, 0.6) is 0 Å². The van der Waals surface area contributed by atoms with E-state index in [1.54, 1.807) is 0 Å². The minimum atomic E-state index is 0.633. The number of hydrogen-bond acceptors (Lipinski definition) is 3. The van der Waals surface area contributed by atoms with Gasteiger partial charge in [0.25, 0.3) is 0 Å². The Labute approximate surface area is 299 Å². The predicted octanol–water partition coefficient (Wildman–Crippen LogP) is 11.7. The monoisotopic (exact) mass is 655 g/mol. The third kappa shape index (κ3) is 6.83. The van der Waals surface area contributed by atoms with Gasteiger partial charge in [-0.25, -0.2) is 4.99 Å². The first-order valence-corrected chi connectivity index (χ1v) is 17.3. The van der Waals surface area contributed by atoms with Gasteiger partial charge in [0.15, 0.2) is 0 Å². The molecule has 0 radical (unpaired) electrons. The third-order valence-corrected chi connectivity index (χ3v) is 9.52. The standard InChI is InChI=1S/C48H37N3/c1-33(34-12-4-2-5-13-34)51-47(31-46(49)37-16-6-3-7-17-37)38-22-24-39(25-23-38)48-45(43-27-21-36-15-9-11-19-41(36)29-43)30-44(32-50-48)42-26-20-35-14-8-10-18-40(35)28-42/h2-8,10-14,16-32H,1,9,15,49H2/b46-31-,51-47+. The number of hydrogen-bond donors (Lipinski definition) is 1. The Morgan fingerprint density at radius 3 is 2.10 bits per heavy atom. The van der Waals surface area contributed by atoms with Crippen molar-refractivity contribution in [3.63, 3.8) is 0 Å². The number of pyridine rings is 1. The summed E-state index contributed by atoms with van der Waals surface area (Å²) in [5.74, 6) is 0. The second-order valence-electron chi connectivity index (χ2n) is 12.9. The Balaban J connectivity index is 1.22. The number of rotatable bonds is 8. The van der Waals surface area contributed by atoms with Crippen LogP contribution in [0.3, 0.4) is 0 Å². The van der Waals surface area contributed by atoms with Crippen LogP contribution in [0.15, 0.2) is 182 Å². The van der Waals surface area contributed by atoms with E-state index >= 15 is 0 Å². The molecule has 8 rings (SSSR count). The molecule has 1 aliphatic carbocycles. The minimum absolute atomic E-state index is 0.633. The van der Waals surface area contributed by atoms with Crippen molar-refractivity contribution in [2.45, 2.75) is 12.8 Å². The van der Waals surface area contributed by atoms with Gasteiger partial charge in [0, 0.05) is 34.1 Å². The molecule has 51 heavy (non-hydrogen) atoms. The maximum absolute atomic E-state index is 6.63. The molecule has 0 saturated carbocycles. The van der Waals surface area contributed by atoms with Gasteiger partial charge in [0.1, 0.15) is 0 Å². The molecule has 244 valence electrons. The largest absolute Gasteiger partial charge is 0.398 e. The van der Waals surface area contributed by atoms with Gasteiger partial charge in [0.2, 0.25) is 0 Å². The highest BCUT2D eigenvalue weighted by Crippen LogP contribution is 2.37. The topological polar surface area (TPSA) is 51.3 Å². The van der Waals surface area contributed by atoms with Gasteiger partial charge in [-0.3, -0.25) is 4.98 Å². The molecular formula is C48H37N3. The summed E-state index contributed by atoms with van der Waals surface area (Å²) in [6.07, 6.45) is 10.6. The Morgan fingerprint density at radius 1 is 0.627 bits per heavy atom. The van der Waals surface area contributed by atoms with Gasteiger partial charge in [-0.2, -0.15) is 0 Å². The van der Waals surface area contributed by atoms with Gasteiger partial charge in [-0.05, 0) is 81.3 Å². The van der Waals surface area contributed by atoms with Crippen molar-refractivity contribution in [3.05, 3.63) is 204 Å². The van der Waals surface area contributed by atoms with Crippen molar-refractivity contribution >= 4 is 34.0 Å². The van der Waals surface area contributed by atoms with Crippen LogP contribution >= 0.6 is 0 Å². The molecule has 7 aromatic rings. The first-order chi connectivity index (χ1) is 25.1. The maximum atomic E-state index is 6.63. The molecule has 1 heterocycles. The molecule has 1 aliphatic rings. The summed E-state index contributed by atoms with van der Waals surface area (Å²) in [5, 5.41) is 2.44. The van der Waals surface area contributed by atoms with E-state index in [2.05, 4.69) is 110 Å². The molecule has 0 atom stereocenters. The van der Waals surface area contributed by atoms with Crippen molar-refractivity contribution in [2.75, 3.05) is 0 Å². The molecule has 0 bridgehead atoms. The van der Waals surface area contributed by atoms with Crippen molar-refractivity contribution in [1.82, 2.24) is 4.98 Å². The molecule has 0 amide bonds. The molecule has 0 unspecified atom stereocenters. The lowest BCUT2D eigenvalue weighted by molar-refractivity contribution is 0.986. The first-order valence-electron chi connectivity index (χ1n) is 17.3. The lowest BCUT2D eigenvalue weighted by atomic mass is 9.90. The number of aromatic nitrogens is 1. The summed E-state index contributed by atoms with van der Waals surface area (Å²) in [5.41, 5.74) is 20.6. The normalized spacial score (nSPS) is 12.9. The SMILES string of the molecule is C=C(/N=C(\C=C(/N)c1ccccc1)c1ccc(-c2ncc(-c3ccc4ccccc4c3)cc2-c2ccc3c(c2)C=CCC3)cc1)c1ccccc1. The molecule has 3 nitrogen and oxygen atoms in total. The Kier molecular flexibility index (Phi) is 8.76. The Hall–Kier alpha value is -6.58. The third-order valence-electron chi connectivity index (χ3n) is 9.52. The second-order valence-corrected chi connectivity index (χ2v) is 12.9. The van der Waals surface area contributed by atoms with Gasteiger partial charge in [-0.1, -0.05) is 152 Å². The molecule has 2 N–H and O–H groups in total. The number of aliphatic imine (C=N–C) groups is 1. The smallest absolute Gasteiger partial charge is 0.0780 e. The molecule has 0 spiro atoms.